The number of nitrogens with one attached hydrogen (secondary N) is 2. The summed E-state index contributed by atoms with van der Waals surface area (Å²) in [6, 6.07) is 12.2. The van der Waals surface area contributed by atoms with Gasteiger partial charge in [-0.15, -0.1) is 0 Å². The number of nitrogens with zero attached hydrogens (tertiary/aromatic N) is 1. The van der Waals surface area contributed by atoms with Crippen molar-refractivity contribution in [3.05, 3.63) is 74.3 Å². The molecule has 0 spiro atoms. The lowest BCUT2D eigenvalue weighted by atomic mass is 10.1. The maximum atomic E-state index is 12.3. The van der Waals surface area contributed by atoms with Crippen LogP contribution in [0.25, 0.3) is 0 Å². The van der Waals surface area contributed by atoms with E-state index in [1.54, 1.807) is 4.90 Å². The van der Waals surface area contributed by atoms with Crippen LogP contribution in [0.15, 0.2) is 42.5 Å². The quantitative estimate of drug-likeness (QED) is 0.602. The summed E-state index contributed by atoms with van der Waals surface area (Å²) >= 11 is 5.78. The fraction of sp³-hybridized carbons (Fsp3) is 0.316. The van der Waals surface area contributed by atoms with Crippen LogP contribution >= 0.6 is 11.6 Å². The molecule has 0 saturated carbocycles. The summed E-state index contributed by atoms with van der Waals surface area (Å²) in [5.74, 6) is -0.487. The number of nitro benzene ring substituents is 1. The van der Waals surface area contributed by atoms with Crippen LogP contribution in [0.1, 0.15) is 34.3 Å². The molecule has 2 aromatic rings. The van der Waals surface area contributed by atoms with Gasteiger partial charge in [0.15, 0.2) is 0 Å². The van der Waals surface area contributed by atoms with Gasteiger partial charge in [0.05, 0.1) is 18.0 Å². The highest BCUT2D eigenvalue weighted by molar-refractivity contribution is 6.31. The van der Waals surface area contributed by atoms with Gasteiger partial charge in [0.25, 0.3) is 11.6 Å². The molecular weight excluding hydrogens is 354 g/mol. The van der Waals surface area contributed by atoms with Crippen molar-refractivity contribution in [1.82, 2.24) is 5.32 Å². The molecular formula is C19H21ClN3O3+. The normalized spacial score (nSPS) is 14.3. The number of rotatable bonds is 6. The van der Waals surface area contributed by atoms with Gasteiger partial charge in [-0.2, -0.15) is 0 Å². The predicted molar refractivity (Wildman–Crippen MR) is 99.4 cm³/mol. The van der Waals surface area contributed by atoms with Crippen LogP contribution in [-0.4, -0.2) is 23.9 Å². The summed E-state index contributed by atoms with van der Waals surface area (Å²) in [4.78, 5) is 24.4. The van der Waals surface area contributed by atoms with Crippen LogP contribution in [0, 0.1) is 10.1 Å². The van der Waals surface area contributed by atoms with Crippen LogP contribution in [0.5, 0.6) is 0 Å². The molecule has 136 valence electrons. The second-order valence-electron chi connectivity index (χ2n) is 6.55. The van der Waals surface area contributed by atoms with Gasteiger partial charge in [-0.1, -0.05) is 35.9 Å². The molecule has 0 aromatic heterocycles. The molecule has 0 radical (unpaired) electrons. The van der Waals surface area contributed by atoms with Crippen molar-refractivity contribution in [1.29, 1.82) is 0 Å². The molecule has 1 aliphatic heterocycles. The van der Waals surface area contributed by atoms with Crippen LogP contribution in [0.3, 0.4) is 0 Å². The van der Waals surface area contributed by atoms with Gasteiger partial charge in [-0.25, -0.2) is 0 Å². The molecule has 0 aliphatic carbocycles. The number of quaternary nitrogens is 1. The molecule has 3 rings (SSSR count). The summed E-state index contributed by atoms with van der Waals surface area (Å²) in [7, 11) is 0. The molecule has 1 aliphatic rings. The van der Waals surface area contributed by atoms with E-state index in [1.807, 2.05) is 12.1 Å². The molecule has 1 fully saturated rings. The number of hydrogen-bond donors (Lipinski definition) is 2. The number of amides is 1. The Morgan fingerprint density at radius 1 is 1.12 bits per heavy atom. The topological polar surface area (TPSA) is 76.7 Å². The number of halogens is 1. The Morgan fingerprint density at radius 2 is 1.77 bits per heavy atom. The highest BCUT2D eigenvalue weighted by Gasteiger charge is 2.20. The molecule has 7 heteroatoms. The van der Waals surface area contributed by atoms with E-state index in [1.165, 1.54) is 49.7 Å². The average Bonchev–Trinajstić information content (AvgIpc) is 3.13. The fourth-order valence-corrected chi connectivity index (χ4v) is 3.41. The molecule has 2 aromatic carbocycles. The van der Waals surface area contributed by atoms with E-state index in [0.717, 1.165) is 12.1 Å². The Bertz CT molecular complexity index is 802. The molecule has 1 heterocycles. The Labute approximate surface area is 156 Å². The van der Waals surface area contributed by atoms with Crippen molar-refractivity contribution in [3.8, 4) is 0 Å². The summed E-state index contributed by atoms with van der Waals surface area (Å²) in [6.07, 6.45) is 2.60. The smallest absolute Gasteiger partial charge is 0.283 e. The third-order valence-electron chi connectivity index (χ3n) is 4.64. The fourth-order valence-electron chi connectivity index (χ4n) is 3.24. The largest absolute Gasteiger partial charge is 0.348 e. The second kappa shape index (κ2) is 8.29. The van der Waals surface area contributed by atoms with Crippen molar-refractivity contribution in [3.63, 3.8) is 0 Å². The molecule has 6 nitrogen and oxygen atoms in total. The minimum atomic E-state index is -0.601. The minimum Gasteiger partial charge on any atom is -0.348 e. The van der Waals surface area contributed by atoms with E-state index >= 15 is 0 Å². The first-order chi connectivity index (χ1) is 12.5. The minimum absolute atomic E-state index is 0.00801. The van der Waals surface area contributed by atoms with Gasteiger partial charge in [-0.3, -0.25) is 14.9 Å². The zero-order chi connectivity index (χ0) is 18.5. The number of carbonyl (C=O) groups is 1. The number of nitro groups is 1. The molecule has 1 saturated heterocycles. The van der Waals surface area contributed by atoms with E-state index in [9.17, 15) is 14.9 Å². The van der Waals surface area contributed by atoms with Gasteiger partial charge in [0, 0.05) is 36.0 Å². The average molecular weight is 375 g/mol. The van der Waals surface area contributed by atoms with Gasteiger partial charge >= 0.3 is 0 Å². The zero-order valence-corrected chi connectivity index (χ0v) is 15.1. The number of likely N-dealkylation sites (tertiary alicyclic amines) is 1. The summed E-state index contributed by atoms with van der Waals surface area (Å²) in [5, 5.41) is 14.1. The third-order valence-corrected chi connectivity index (χ3v) is 4.88. The first-order valence-corrected chi connectivity index (χ1v) is 9.04. The van der Waals surface area contributed by atoms with Crippen molar-refractivity contribution in [2.75, 3.05) is 13.1 Å². The van der Waals surface area contributed by atoms with E-state index in [0.29, 0.717) is 6.54 Å². The standard InChI is InChI=1S/C19H20ClN3O3/c20-16-7-8-17(18(11-16)23(25)26)19(24)21-12-14-3-5-15(6-4-14)13-22-9-1-2-10-22/h3-8,11H,1-2,9-10,12-13H2,(H,21,24)/p+1. The molecule has 26 heavy (non-hydrogen) atoms. The molecule has 2 N–H and O–H groups in total. The van der Waals surface area contributed by atoms with Gasteiger partial charge in [0.2, 0.25) is 0 Å². The number of carbonyl (C=O) groups excluding carboxylic acids is 1. The van der Waals surface area contributed by atoms with Crippen molar-refractivity contribution in [2.24, 2.45) is 0 Å². The Morgan fingerprint density at radius 3 is 2.42 bits per heavy atom. The lowest BCUT2D eigenvalue weighted by Crippen LogP contribution is -3.08. The molecule has 0 atom stereocenters. The zero-order valence-electron chi connectivity index (χ0n) is 14.3. The first-order valence-electron chi connectivity index (χ1n) is 8.66. The highest BCUT2D eigenvalue weighted by Crippen LogP contribution is 2.23. The Hall–Kier alpha value is -2.44. The van der Waals surface area contributed by atoms with Crippen molar-refractivity contribution in [2.45, 2.75) is 25.9 Å². The van der Waals surface area contributed by atoms with E-state index in [2.05, 4.69) is 17.4 Å². The van der Waals surface area contributed by atoms with Crippen LogP contribution in [-0.2, 0) is 13.1 Å². The SMILES string of the molecule is O=C(NCc1ccc(C[NH+]2CCCC2)cc1)c1ccc(Cl)cc1[N+](=O)[O-]. The lowest BCUT2D eigenvalue weighted by Gasteiger charge is -2.12. The number of hydrogen-bond acceptors (Lipinski definition) is 3. The summed E-state index contributed by atoms with van der Waals surface area (Å²) < 4.78 is 0. The van der Waals surface area contributed by atoms with Crippen LogP contribution in [0.4, 0.5) is 5.69 Å². The highest BCUT2D eigenvalue weighted by atomic mass is 35.5. The summed E-state index contributed by atoms with van der Waals surface area (Å²) in [5.41, 5.74) is 1.95. The van der Waals surface area contributed by atoms with Gasteiger partial charge in [0.1, 0.15) is 12.1 Å². The lowest BCUT2D eigenvalue weighted by molar-refractivity contribution is -0.901. The second-order valence-corrected chi connectivity index (χ2v) is 6.99. The summed E-state index contributed by atoms with van der Waals surface area (Å²) in [6.45, 7) is 3.81. The Balaban J connectivity index is 1.60. The van der Waals surface area contributed by atoms with Crippen molar-refractivity contribution >= 4 is 23.2 Å². The molecule has 0 bridgehead atoms. The van der Waals surface area contributed by atoms with E-state index in [4.69, 9.17) is 11.6 Å². The maximum absolute atomic E-state index is 12.3. The predicted octanol–water partition coefficient (Wildman–Crippen LogP) is 2.36. The number of benzene rings is 2. The van der Waals surface area contributed by atoms with Crippen molar-refractivity contribution < 1.29 is 14.6 Å². The van der Waals surface area contributed by atoms with E-state index in [-0.39, 0.29) is 16.3 Å². The molecule has 1 amide bonds. The van der Waals surface area contributed by atoms with Gasteiger partial charge in [-0.05, 0) is 17.7 Å². The Kier molecular flexibility index (Phi) is 5.85. The molecule has 0 unspecified atom stereocenters. The van der Waals surface area contributed by atoms with E-state index < -0.39 is 10.8 Å². The van der Waals surface area contributed by atoms with Crippen LogP contribution < -0.4 is 10.2 Å². The van der Waals surface area contributed by atoms with Crippen LogP contribution in [0.2, 0.25) is 5.02 Å². The third kappa shape index (κ3) is 4.59. The monoisotopic (exact) mass is 374 g/mol. The first kappa shape index (κ1) is 18.4. The maximum Gasteiger partial charge on any atom is 0.283 e. The van der Waals surface area contributed by atoms with Gasteiger partial charge < -0.3 is 10.2 Å².